The van der Waals surface area contributed by atoms with Crippen molar-refractivity contribution < 1.29 is 26.2 Å². The minimum absolute atomic E-state index is 0. The van der Waals surface area contributed by atoms with Gasteiger partial charge in [-0.3, -0.25) is 0 Å². The zero-order valence-electron chi connectivity index (χ0n) is 2.64. The van der Waals surface area contributed by atoms with Crippen LogP contribution < -0.4 is 5.11 Å². The summed E-state index contributed by atoms with van der Waals surface area (Å²) in [5, 5.41) is 9.11. The maximum Gasteiger partial charge on any atom is 2.00 e. The summed E-state index contributed by atoms with van der Waals surface area (Å²) in [6, 6.07) is 0. The minimum Gasteiger partial charge on any atom is -0.856 e. The van der Waals surface area contributed by atoms with Gasteiger partial charge in [0.15, 0.2) is 0 Å². The van der Waals surface area contributed by atoms with E-state index in [0.717, 1.165) is 0 Å². The van der Waals surface area contributed by atoms with Gasteiger partial charge in [0.25, 0.3) is 0 Å². The van der Waals surface area contributed by atoms with Crippen LogP contribution in [0.5, 0.6) is 0 Å². The predicted molar refractivity (Wildman–Crippen MR) is 14.1 cm³/mol. The Kier molecular flexibility index (Phi) is 16.1. The van der Waals surface area contributed by atoms with Crippen molar-refractivity contribution in [3.63, 3.8) is 0 Å². The molecule has 0 aromatic heterocycles. The molecule has 2 nitrogen and oxygen atoms in total. The van der Waals surface area contributed by atoms with Gasteiger partial charge >= 0.3 is 21.1 Å². The van der Waals surface area contributed by atoms with E-state index in [0.29, 0.717) is 0 Å². The molecule has 0 heterocycles. The first-order valence-electron chi connectivity index (χ1n) is 1.14. The van der Waals surface area contributed by atoms with E-state index in [2.05, 4.69) is 0 Å². The molecular weight excluding hydrogens is 249 g/mol. The van der Waals surface area contributed by atoms with Gasteiger partial charge in [-0.25, -0.2) is 0 Å². The molecule has 0 aliphatic rings. The summed E-state index contributed by atoms with van der Waals surface area (Å²) in [6.07, 6.45) is 0. The van der Waals surface area contributed by atoms with Crippen molar-refractivity contribution in [1.82, 2.24) is 0 Å². The smallest absolute Gasteiger partial charge is 0.856 e. The Hall–Kier alpha value is 0.608. The summed E-state index contributed by atoms with van der Waals surface area (Å²) in [5.41, 5.74) is 6.14. The molecule has 0 radical (unpaired) electrons. The molecule has 34 valence electrons. The molecule has 0 atom stereocenters. The summed E-state index contributed by atoms with van der Waals surface area (Å²) in [7, 11) is 0. The average molecular weight is 254 g/mol. The van der Waals surface area contributed by atoms with Crippen molar-refractivity contribution in [2.75, 3.05) is 13.2 Å². The van der Waals surface area contributed by atoms with E-state index in [9.17, 15) is 0 Å². The minimum atomic E-state index is -0.264. The molecule has 0 aliphatic heterocycles. The normalized spacial score (nSPS) is 6.00. The first-order chi connectivity index (χ1) is 1.91. The van der Waals surface area contributed by atoms with Crippen LogP contribution in [0.15, 0.2) is 0 Å². The summed E-state index contributed by atoms with van der Waals surface area (Å²) < 4.78 is 0. The second kappa shape index (κ2) is 8.82. The number of hydrogen-bond acceptors (Lipinski definition) is 1. The fourth-order valence-electron chi connectivity index (χ4n) is 0. The Bertz CT molecular complexity index is 11.6. The van der Waals surface area contributed by atoms with Crippen LogP contribution in [0.2, 0.25) is 0 Å². The van der Waals surface area contributed by atoms with E-state index >= 15 is 0 Å². The monoisotopic (exact) mass is 254 g/mol. The third kappa shape index (κ3) is 12.1. The van der Waals surface area contributed by atoms with Crippen LogP contribution in [-0.2, 0) is 21.1 Å². The Morgan fingerprint density at radius 3 is 1.80 bits per heavy atom. The topological polar surface area (TPSA) is 46.9 Å². The third-order valence-electron chi connectivity index (χ3n) is 0.102. The molecule has 1 N–H and O–H groups in total. The molecule has 0 saturated heterocycles. The van der Waals surface area contributed by atoms with Crippen molar-refractivity contribution in [2.24, 2.45) is 0 Å². The number of rotatable bonds is 1. The SMILES string of the molecule is [NH-]CC[O-].[Pt+2]. The fraction of sp³-hybridized carbons (Fsp3) is 1.00. The van der Waals surface area contributed by atoms with Crippen LogP contribution in [0.25, 0.3) is 5.73 Å². The summed E-state index contributed by atoms with van der Waals surface area (Å²) in [4.78, 5) is 0. The van der Waals surface area contributed by atoms with Crippen LogP contribution in [0.1, 0.15) is 0 Å². The molecular formula is C2H5NOPt. The van der Waals surface area contributed by atoms with Gasteiger partial charge in [0.1, 0.15) is 0 Å². The van der Waals surface area contributed by atoms with Gasteiger partial charge in [-0.2, -0.15) is 13.2 Å². The van der Waals surface area contributed by atoms with E-state index in [-0.39, 0.29) is 34.2 Å². The first-order valence-corrected chi connectivity index (χ1v) is 1.14. The van der Waals surface area contributed by atoms with Gasteiger partial charge in [-0.05, 0) is 0 Å². The van der Waals surface area contributed by atoms with Crippen molar-refractivity contribution in [3.8, 4) is 0 Å². The Labute approximate surface area is 45.6 Å². The fourth-order valence-corrected chi connectivity index (χ4v) is 0. The maximum absolute atomic E-state index is 9.11. The van der Waals surface area contributed by atoms with E-state index in [1.54, 1.807) is 0 Å². The molecule has 0 aromatic carbocycles. The van der Waals surface area contributed by atoms with Gasteiger partial charge in [0.2, 0.25) is 0 Å². The molecule has 0 spiro atoms. The molecule has 0 saturated carbocycles. The van der Waals surface area contributed by atoms with Crippen molar-refractivity contribution >= 4 is 0 Å². The molecule has 0 aliphatic carbocycles. The molecule has 0 fully saturated rings. The quantitative estimate of drug-likeness (QED) is 0.616. The van der Waals surface area contributed by atoms with Gasteiger partial charge in [0.05, 0.1) is 0 Å². The second-order valence-electron chi connectivity index (χ2n) is 0.454. The Morgan fingerprint density at radius 2 is 1.80 bits per heavy atom. The molecule has 0 rings (SSSR count). The van der Waals surface area contributed by atoms with Gasteiger partial charge in [-0.15, -0.1) is 0 Å². The van der Waals surface area contributed by atoms with Gasteiger partial charge < -0.3 is 10.8 Å². The largest absolute Gasteiger partial charge is 2.00 e. The van der Waals surface area contributed by atoms with Gasteiger partial charge in [0, 0.05) is 0 Å². The number of nitrogens with one attached hydrogen (secondary N) is 1. The first kappa shape index (κ1) is 9.15. The molecule has 5 heavy (non-hydrogen) atoms. The van der Waals surface area contributed by atoms with E-state index < -0.39 is 0 Å². The molecule has 0 amide bonds. The Balaban J connectivity index is 0. The van der Waals surface area contributed by atoms with E-state index in [1.165, 1.54) is 0 Å². The molecule has 3 heteroatoms. The van der Waals surface area contributed by atoms with Crippen molar-refractivity contribution in [3.05, 3.63) is 5.73 Å². The summed E-state index contributed by atoms with van der Waals surface area (Å²) in [5.74, 6) is 0. The Morgan fingerprint density at radius 1 is 1.60 bits per heavy atom. The van der Waals surface area contributed by atoms with E-state index in [4.69, 9.17) is 10.8 Å². The standard InChI is InChI=1S/C2H5NO.Pt/c3-1-2-4;/h3H,1-2H2;/q-2;+2. The average Bonchev–Trinajstić information content (AvgIpc) is 1.37. The van der Waals surface area contributed by atoms with Crippen LogP contribution in [0.4, 0.5) is 0 Å². The third-order valence-corrected chi connectivity index (χ3v) is 0.102. The van der Waals surface area contributed by atoms with Crippen LogP contribution in [0.3, 0.4) is 0 Å². The molecule has 0 unspecified atom stereocenters. The van der Waals surface area contributed by atoms with Crippen LogP contribution in [-0.4, -0.2) is 13.2 Å². The molecule has 0 aromatic rings. The maximum atomic E-state index is 9.11. The zero-order chi connectivity index (χ0) is 3.41. The van der Waals surface area contributed by atoms with Crippen LogP contribution in [0, 0.1) is 0 Å². The summed E-state index contributed by atoms with van der Waals surface area (Å²) >= 11 is 0. The zero-order valence-corrected chi connectivity index (χ0v) is 4.91. The van der Waals surface area contributed by atoms with Crippen molar-refractivity contribution in [1.29, 1.82) is 0 Å². The van der Waals surface area contributed by atoms with Crippen molar-refractivity contribution in [2.45, 2.75) is 0 Å². The number of hydrogen-bond donors (Lipinski definition) is 0. The second-order valence-corrected chi connectivity index (χ2v) is 0.454. The predicted octanol–water partition coefficient (Wildman–Crippen LogP) is -0.604. The molecule has 0 bridgehead atoms. The van der Waals surface area contributed by atoms with Crippen LogP contribution >= 0.6 is 0 Å². The van der Waals surface area contributed by atoms with E-state index in [1.807, 2.05) is 0 Å². The summed E-state index contributed by atoms with van der Waals surface area (Å²) in [6.45, 7) is -0.250. The van der Waals surface area contributed by atoms with Gasteiger partial charge in [-0.1, -0.05) is 0 Å².